The first kappa shape index (κ1) is 13.0. The maximum atomic E-state index is 11.5. The molecule has 2 heterocycles. The number of aliphatic carboxylic acids is 1. The summed E-state index contributed by atoms with van der Waals surface area (Å²) in [6.45, 7) is 0. The van der Waals surface area contributed by atoms with Crippen molar-refractivity contribution in [3.63, 3.8) is 0 Å². The minimum atomic E-state index is -0.984. The van der Waals surface area contributed by atoms with E-state index < -0.39 is 17.6 Å². The molecule has 0 aliphatic heterocycles. The van der Waals surface area contributed by atoms with E-state index in [4.69, 9.17) is 0 Å². The van der Waals surface area contributed by atoms with Gasteiger partial charge in [0.05, 0.1) is 5.69 Å². The van der Waals surface area contributed by atoms with E-state index >= 15 is 0 Å². The van der Waals surface area contributed by atoms with Crippen LogP contribution in [0.2, 0.25) is 0 Å². The van der Waals surface area contributed by atoms with Gasteiger partial charge in [-0.2, -0.15) is 14.7 Å². The lowest BCUT2D eigenvalue weighted by atomic mass is 9.96. The Morgan fingerprint density at radius 3 is 2.71 bits per heavy atom. The Bertz CT molecular complexity index is 838. The maximum absolute atomic E-state index is 11.5. The second-order valence-electron chi connectivity index (χ2n) is 4.64. The topological polar surface area (TPSA) is 100 Å². The van der Waals surface area contributed by atoms with E-state index in [-0.39, 0.29) is 0 Å². The third-order valence-electron chi connectivity index (χ3n) is 3.23. The molecule has 0 spiro atoms. The number of hydrogen-bond acceptors (Lipinski definition) is 4. The third kappa shape index (κ3) is 2.53. The molecule has 21 heavy (non-hydrogen) atoms. The van der Waals surface area contributed by atoms with Crippen LogP contribution in [0.5, 0.6) is 0 Å². The van der Waals surface area contributed by atoms with Crippen LogP contribution in [0.1, 0.15) is 17.2 Å². The lowest BCUT2D eigenvalue weighted by Crippen LogP contribution is -2.20. The molecule has 7 heteroatoms. The van der Waals surface area contributed by atoms with E-state index in [2.05, 4.69) is 15.3 Å². The predicted octanol–water partition coefficient (Wildman–Crippen LogP) is 0.828. The van der Waals surface area contributed by atoms with Crippen LogP contribution in [-0.2, 0) is 11.2 Å². The molecule has 2 aromatic heterocycles. The van der Waals surface area contributed by atoms with Crippen molar-refractivity contribution in [2.24, 2.45) is 0 Å². The zero-order valence-electron chi connectivity index (χ0n) is 10.9. The molecule has 1 aromatic carbocycles. The predicted molar refractivity (Wildman–Crippen MR) is 74.1 cm³/mol. The fraction of sp³-hybridized carbons (Fsp3) is 0.143. The van der Waals surface area contributed by atoms with Crippen molar-refractivity contribution in [3.05, 3.63) is 64.2 Å². The molecule has 1 atom stereocenters. The maximum Gasteiger partial charge on any atom is 0.364 e. The number of fused-ring (bicyclic) bond motifs is 1. The summed E-state index contributed by atoms with van der Waals surface area (Å²) >= 11 is 0. The molecule has 3 rings (SSSR count). The summed E-state index contributed by atoms with van der Waals surface area (Å²) in [5, 5.41) is 19.5. The monoisotopic (exact) mass is 284 g/mol. The van der Waals surface area contributed by atoms with E-state index in [1.165, 1.54) is 0 Å². The van der Waals surface area contributed by atoms with Crippen molar-refractivity contribution >= 4 is 11.6 Å². The molecule has 0 aliphatic rings. The number of rotatable bonds is 4. The summed E-state index contributed by atoms with van der Waals surface area (Å²) in [6.07, 6.45) is 0.307. The second-order valence-corrected chi connectivity index (χ2v) is 4.64. The van der Waals surface area contributed by atoms with Crippen LogP contribution >= 0.6 is 0 Å². The number of carboxylic acids is 1. The number of carbonyl (C=O) groups is 1. The van der Waals surface area contributed by atoms with Crippen LogP contribution in [0, 0.1) is 0 Å². The molecule has 0 fully saturated rings. The highest BCUT2D eigenvalue weighted by Crippen LogP contribution is 2.19. The van der Waals surface area contributed by atoms with Gasteiger partial charge in [0.2, 0.25) is 0 Å². The summed E-state index contributed by atoms with van der Waals surface area (Å²) < 4.78 is 1.07. The van der Waals surface area contributed by atoms with Gasteiger partial charge in [-0.05, 0) is 24.1 Å². The molecular formula is C14H12N4O3. The van der Waals surface area contributed by atoms with E-state index in [9.17, 15) is 14.7 Å². The fourth-order valence-electron chi connectivity index (χ4n) is 2.17. The van der Waals surface area contributed by atoms with Crippen molar-refractivity contribution < 1.29 is 9.90 Å². The number of benzene rings is 1. The smallest absolute Gasteiger partial charge is 0.364 e. The quantitative estimate of drug-likeness (QED) is 0.739. The Kier molecular flexibility index (Phi) is 3.23. The number of nitrogens with one attached hydrogen (secondary N) is 1. The van der Waals surface area contributed by atoms with E-state index in [0.29, 0.717) is 17.8 Å². The Balaban J connectivity index is 2.01. The van der Waals surface area contributed by atoms with Gasteiger partial charge in [-0.3, -0.25) is 4.79 Å². The van der Waals surface area contributed by atoms with Gasteiger partial charge in [0.15, 0.2) is 5.65 Å². The first-order chi connectivity index (χ1) is 10.1. The first-order valence-electron chi connectivity index (χ1n) is 6.36. The van der Waals surface area contributed by atoms with E-state index in [1.807, 2.05) is 30.3 Å². The van der Waals surface area contributed by atoms with Crippen LogP contribution in [-0.4, -0.2) is 30.9 Å². The normalized spacial score (nSPS) is 12.4. The van der Waals surface area contributed by atoms with Crippen LogP contribution in [0.25, 0.3) is 5.65 Å². The average Bonchev–Trinajstić information content (AvgIpc) is 2.86. The largest absolute Gasteiger partial charge is 0.481 e. The minimum absolute atomic E-state index is 0.307. The van der Waals surface area contributed by atoms with Crippen molar-refractivity contribution in [2.75, 3.05) is 0 Å². The highest BCUT2D eigenvalue weighted by atomic mass is 16.4. The molecule has 0 amide bonds. The van der Waals surface area contributed by atoms with Crippen molar-refractivity contribution in [1.82, 2.24) is 19.8 Å². The van der Waals surface area contributed by atoms with E-state index in [0.717, 1.165) is 10.1 Å². The Hall–Kier alpha value is -2.96. The van der Waals surface area contributed by atoms with Gasteiger partial charge >= 0.3 is 11.7 Å². The molecule has 3 aromatic rings. The molecule has 0 saturated heterocycles. The van der Waals surface area contributed by atoms with Crippen LogP contribution in [0.15, 0.2) is 47.3 Å². The lowest BCUT2D eigenvalue weighted by molar-refractivity contribution is -0.138. The van der Waals surface area contributed by atoms with E-state index in [1.54, 1.807) is 12.1 Å². The number of H-pyrrole nitrogens is 1. The molecule has 106 valence electrons. The van der Waals surface area contributed by atoms with Gasteiger partial charge in [0.1, 0.15) is 5.92 Å². The SMILES string of the molecule is O=C(O)C(Cc1ccccc1)c1ccc2n[nH]c(=O)n2n1. The number of aromatic amines is 1. The van der Waals surface area contributed by atoms with Gasteiger partial charge in [0.25, 0.3) is 0 Å². The Labute approximate surface area is 118 Å². The van der Waals surface area contributed by atoms with Crippen molar-refractivity contribution in [2.45, 2.75) is 12.3 Å². The summed E-state index contributed by atoms with van der Waals surface area (Å²) in [5.74, 6) is -1.80. The highest BCUT2D eigenvalue weighted by Gasteiger charge is 2.22. The summed E-state index contributed by atoms with van der Waals surface area (Å²) in [5.41, 5.74) is 1.08. The van der Waals surface area contributed by atoms with Gasteiger partial charge in [-0.25, -0.2) is 9.89 Å². The molecule has 0 bridgehead atoms. The Morgan fingerprint density at radius 2 is 2.00 bits per heavy atom. The van der Waals surface area contributed by atoms with Crippen LogP contribution in [0.3, 0.4) is 0 Å². The lowest BCUT2D eigenvalue weighted by Gasteiger charge is -2.11. The molecule has 0 radical (unpaired) electrons. The third-order valence-corrected chi connectivity index (χ3v) is 3.23. The molecule has 7 nitrogen and oxygen atoms in total. The minimum Gasteiger partial charge on any atom is -0.481 e. The zero-order valence-corrected chi connectivity index (χ0v) is 10.9. The zero-order chi connectivity index (χ0) is 14.8. The summed E-state index contributed by atoms with van der Waals surface area (Å²) in [6, 6.07) is 12.4. The van der Waals surface area contributed by atoms with Gasteiger partial charge < -0.3 is 5.11 Å². The molecular weight excluding hydrogens is 272 g/mol. The molecule has 1 unspecified atom stereocenters. The average molecular weight is 284 g/mol. The molecule has 0 saturated carbocycles. The molecule has 0 aliphatic carbocycles. The number of carboxylic acid groups (broad SMARTS) is 1. The van der Waals surface area contributed by atoms with Gasteiger partial charge in [-0.1, -0.05) is 30.3 Å². The molecule has 2 N–H and O–H groups in total. The Morgan fingerprint density at radius 1 is 1.24 bits per heavy atom. The van der Waals surface area contributed by atoms with Gasteiger partial charge in [0, 0.05) is 0 Å². The fourth-order valence-corrected chi connectivity index (χ4v) is 2.17. The number of hydrogen-bond donors (Lipinski definition) is 2. The standard InChI is InChI=1S/C14H12N4O3/c19-13(20)10(8-9-4-2-1-3-5-9)11-6-7-12-15-16-14(21)18(12)17-11/h1-7,10H,8H2,(H,16,21)(H,19,20). The van der Waals surface area contributed by atoms with Crippen LogP contribution in [0.4, 0.5) is 0 Å². The summed E-state index contributed by atoms with van der Waals surface area (Å²) in [7, 11) is 0. The van der Waals surface area contributed by atoms with Crippen molar-refractivity contribution in [1.29, 1.82) is 0 Å². The first-order valence-corrected chi connectivity index (χ1v) is 6.36. The second kappa shape index (κ2) is 5.20. The van der Waals surface area contributed by atoms with Crippen molar-refractivity contribution in [3.8, 4) is 0 Å². The highest BCUT2D eigenvalue weighted by molar-refractivity contribution is 5.75. The number of aromatic nitrogens is 4. The summed E-state index contributed by atoms with van der Waals surface area (Å²) in [4.78, 5) is 23.0. The number of nitrogens with zero attached hydrogens (tertiary/aromatic N) is 3. The van der Waals surface area contributed by atoms with Gasteiger partial charge in [-0.15, -0.1) is 0 Å². The van der Waals surface area contributed by atoms with Crippen LogP contribution < -0.4 is 5.69 Å².